The van der Waals surface area contributed by atoms with Crippen LogP contribution < -0.4 is 5.32 Å². The first kappa shape index (κ1) is 13.9. The molecule has 1 saturated heterocycles. The molecule has 1 aliphatic rings. The van der Waals surface area contributed by atoms with E-state index >= 15 is 0 Å². The summed E-state index contributed by atoms with van der Waals surface area (Å²) >= 11 is 0. The van der Waals surface area contributed by atoms with Crippen LogP contribution in [-0.2, 0) is 23.8 Å². The van der Waals surface area contributed by atoms with Gasteiger partial charge in [-0.2, -0.15) is 0 Å². The van der Waals surface area contributed by atoms with Crippen LogP contribution in [0.2, 0.25) is 0 Å². The molecule has 2 unspecified atom stereocenters. The van der Waals surface area contributed by atoms with Gasteiger partial charge in [-0.3, -0.25) is 9.59 Å². The fraction of sp³-hybridized carbons (Fsp3) is 0.800. The van der Waals surface area contributed by atoms with E-state index in [1.807, 2.05) is 0 Å². The van der Waals surface area contributed by atoms with Crippen LogP contribution in [0.3, 0.4) is 0 Å². The second-order valence-electron chi connectivity index (χ2n) is 3.64. The van der Waals surface area contributed by atoms with Crippen molar-refractivity contribution in [1.82, 2.24) is 5.32 Å². The molecule has 7 nitrogen and oxygen atoms in total. The molecule has 1 fully saturated rings. The molecule has 2 N–H and O–H groups in total. The van der Waals surface area contributed by atoms with Crippen molar-refractivity contribution in [1.29, 1.82) is 0 Å². The van der Waals surface area contributed by atoms with Gasteiger partial charge in [0.25, 0.3) is 5.91 Å². The minimum atomic E-state index is -0.969. The van der Waals surface area contributed by atoms with Crippen LogP contribution in [0.4, 0.5) is 0 Å². The highest BCUT2D eigenvalue weighted by Gasteiger charge is 2.23. The third-order valence-corrected chi connectivity index (χ3v) is 2.35. The van der Waals surface area contributed by atoms with E-state index in [-0.39, 0.29) is 25.5 Å². The lowest BCUT2D eigenvalue weighted by atomic mass is 10.2. The Hall–Kier alpha value is -1.18. The zero-order valence-corrected chi connectivity index (χ0v) is 9.68. The number of ether oxygens (including phenoxy) is 3. The molecular formula is C10H17NO6. The summed E-state index contributed by atoms with van der Waals surface area (Å²) < 4.78 is 15.2. The largest absolute Gasteiger partial charge is 0.481 e. The molecule has 0 spiro atoms. The van der Waals surface area contributed by atoms with Crippen molar-refractivity contribution >= 4 is 11.9 Å². The van der Waals surface area contributed by atoms with Crippen molar-refractivity contribution in [3.8, 4) is 0 Å². The van der Waals surface area contributed by atoms with Crippen molar-refractivity contribution in [2.45, 2.75) is 18.6 Å². The highest BCUT2D eigenvalue weighted by Crippen LogP contribution is 2.01. The normalized spacial score (nSPS) is 21.8. The molecule has 98 valence electrons. The number of carboxylic acid groups (broad SMARTS) is 1. The molecular weight excluding hydrogens is 230 g/mol. The first-order valence-electron chi connectivity index (χ1n) is 5.35. The predicted molar refractivity (Wildman–Crippen MR) is 56.6 cm³/mol. The minimum absolute atomic E-state index is 0.140. The van der Waals surface area contributed by atoms with Crippen LogP contribution in [0, 0.1) is 0 Å². The van der Waals surface area contributed by atoms with Gasteiger partial charge in [-0.05, 0) is 0 Å². The first-order chi connectivity index (χ1) is 8.13. The van der Waals surface area contributed by atoms with Gasteiger partial charge >= 0.3 is 5.97 Å². The number of nitrogens with one attached hydrogen (secondary N) is 1. The van der Waals surface area contributed by atoms with E-state index in [0.29, 0.717) is 13.2 Å². The molecule has 1 amide bonds. The van der Waals surface area contributed by atoms with Gasteiger partial charge in [-0.15, -0.1) is 0 Å². The summed E-state index contributed by atoms with van der Waals surface area (Å²) in [6, 6.07) is 0. The van der Waals surface area contributed by atoms with Crippen molar-refractivity contribution in [3.63, 3.8) is 0 Å². The average molecular weight is 247 g/mol. The number of carbonyl (C=O) groups excluding carboxylic acids is 1. The van der Waals surface area contributed by atoms with E-state index in [1.165, 1.54) is 7.11 Å². The molecule has 1 rings (SSSR count). The molecule has 7 heteroatoms. The predicted octanol–water partition coefficient (Wildman–Crippen LogP) is -0.992. The van der Waals surface area contributed by atoms with Gasteiger partial charge in [0.1, 0.15) is 0 Å². The van der Waals surface area contributed by atoms with Gasteiger partial charge in [0.2, 0.25) is 0 Å². The number of aliphatic carboxylic acids is 1. The summed E-state index contributed by atoms with van der Waals surface area (Å²) in [5, 5.41) is 11.2. The lowest BCUT2D eigenvalue weighted by Crippen LogP contribution is -2.45. The third-order valence-electron chi connectivity index (χ3n) is 2.35. The summed E-state index contributed by atoms with van der Waals surface area (Å²) in [6.07, 6.45) is -1.31. The molecule has 0 aromatic rings. The maximum Gasteiger partial charge on any atom is 0.306 e. The lowest BCUT2D eigenvalue weighted by molar-refractivity contribution is -0.148. The van der Waals surface area contributed by atoms with E-state index in [2.05, 4.69) is 5.32 Å². The molecule has 0 bridgehead atoms. The average Bonchev–Trinajstić information content (AvgIpc) is 2.34. The highest BCUT2D eigenvalue weighted by atomic mass is 16.6. The minimum Gasteiger partial charge on any atom is -0.481 e. The van der Waals surface area contributed by atoms with Gasteiger partial charge in [-0.25, -0.2) is 0 Å². The van der Waals surface area contributed by atoms with Crippen LogP contribution in [0.1, 0.15) is 6.42 Å². The van der Waals surface area contributed by atoms with E-state index in [9.17, 15) is 9.59 Å². The molecule has 17 heavy (non-hydrogen) atoms. The van der Waals surface area contributed by atoms with Crippen LogP contribution >= 0.6 is 0 Å². The van der Waals surface area contributed by atoms with Crippen molar-refractivity contribution in [3.05, 3.63) is 0 Å². The Morgan fingerprint density at radius 2 is 2.29 bits per heavy atom. The fourth-order valence-electron chi connectivity index (χ4n) is 1.40. The van der Waals surface area contributed by atoms with E-state index in [1.54, 1.807) is 0 Å². The molecule has 0 aliphatic carbocycles. The number of amides is 1. The topological polar surface area (TPSA) is 94.1 Å². The Morgan fingerprint density at radius 3 is 2.82 bits per heavy atom. The van der Waals surface area contributed by atoms with Gasteiger partial charge in [0.05, 0.1) is 32.3 Å². The lowest BCUT2D eigenvalue weighted by Gasteiger charge is -2.23. The Labute approximate surface area is 99.0 Å². The Kier molecular flexibility index (Phi) is 5.88. The Balaban J connectivity index is 2.27. The summed E-state index contributed by atoms with van der Waals surface area (Å²) in [4.78, 5) is 22.1. The first-order valence-corrected chi connectivity index (χ1v) is 5.35. The van der Waals surface area contributed by atoms with Gasteiger partial charge < -0.3 is 24.6 Å². The van der Waals surface area contributed by atoms with Crippen LogP contribution in [0.25, 0.3) is 0 Å². The standard InChI is InChI=1S/C10H17NO6/c1-15-7(4-9(12)13)5-11-10(14)8-6-16-2-3-17-8/h7-8H,2-6H2,1H3,(H,11,14)(H,12,13). The number of carbonyl (C=O) groups is 2. The molecule has 1 heterocycles. The zero-order valence-electron chi connectivity index (χ0n) is 9.68. The Morgan fingerprint density at radius 1 is 1.53 bits per heavy atom. The molecule has 2 atom stereocenters. The van der Waals surface area contributed by atoms with Crippen molar-refractivity contribution in [2.24, 2.45) is 0 Å². The highest BCUT2D eigenvalue weighted by molar-refractivity contribution is 5.81. The monoisotopic (exact) mass is 247 g/mol. The van der Waals surface area contributed by atoms with Gasteiger partial charge in [0.15, 0.2) is 6.10 Å². The summed E-state index contributed by atoms with van der Waals surface area (Å²) in [7, 11) is 1.40. The molecule has 0 saturated carbocycles. The quantitative estimate of drug-likeness (QED) is 0.625. The number of hydrogen-bond acceptors (Lipinski definition) is 5. The number of rotatable bonds is 6. The van der Waals surface area contributed by atoms with Gasteiger partial charge in [-0.1, -0.05) is 0 Å². The number of hydrogen-bond donors (Lipinski definition) is 2. The maximum absolute atomic E-state index is 11.6. The van der Waals surface area contributed by atoms with E-state index in [4.69, 9.17) is 19.3 Å². The number of methoxy groups -OCH3 is 1. The fourth-order valence-corrected chi connectivity index (χ4v) is 1.40. The van der Waals surface area contributed by atoms with Gasteiger partial charge in [0, 0.05) is 13.7 Å². The van der Waals surface area contributed by atoms with Crippen molar-refractivity contribution in [2.75, 3.05) is 33.5 Å². The second kappa shape index (κ2) is 7.21. The number of carboxylic acids is 1. The van der Waals surface area contributed by atoms with Crippen LogP contribution in [0.5, 0.6) is 0 Å². The zero-order chi connectivity index (χ0) is 12.7. The van der Waals surface area contributed by atoms with E-state index in [0.717, 1.165) is 0 Å². The molecule has 0 radical (unpaired) electrons. The summed E-state index contributed by atoms with van der Waals surface area (Å²) in [5.74, 6) is -1.28. The third kappa shape index (κ3) is 5.12. The van der Waals surface area contributed by atoms with E-state index < -0.39 is 18.2 Å². The maximum atomic E-state index is 11.6. The smallest absolute Gasteiger partial charge is 0.306 e. The summed E-state index contributed by atoms with van der Waals surface area (Å²) in [5.41, 5.74) is 0. The molecule has 0 aromatic carbocycles. The SMILES string of the molecule is COC(CNC(=O)C1COCCO1)CC(=O)O. The van der Waals surface area contributed by atoms with Crippen molar-refractivity contribution < 1.29 is 28.9 Å². The van der Waals surface area contributed by atoms with Crippen LogP contribution in [0.15, 0.2) is 0 Å². The Bertz CT molecular complexity index is 264. The summed E-state index contributed by atoms with van der Waals surface area (Å²) in [6.45, 7) is 1.24. The molecule has 1 aliphatic heterocycles. The second-order valence-corrected chi connectivity index (χ2v) is 3.64. The van der Waals surface area contributed by atoms with Crippen LogP contribution in [-0.4, -0.2) is 62.7 Å². The molecule has 0 aromatic heterocycles.